The van der Waals surface area contributed by atoms with Crippen molar-refractivity contribution < 1.29 is 14.7 Å². The zero-order valence-electron chi connectivity index (χ0n) is 11.5. The minimum atomic E-state index is -1.08. The van der Waals surface area contributed by atoms with Gasteiger partial charge >= 0.3 is 5.97 Å². The Bertz CT molecular complexity index is 486. The highest BCUT2D eigenvalue weighted by molar-refractivity contribution is 5.95. The number of hydrogen-bond donors (Lipinski definition) is 3. The molecule has 1 heterocycles. The van der Waals surface area contributed by atoms with Gasteiger partial charge in [0, 0.05) is 17.9 Å². The second-order valence-corrected chi connectivity index (χ2v) is 4.71. The third kappa shape index (κ3) is 4.24. The van der Waals surface area contributed by atoms with E-state index in [1.165, 1.54) is 6.20 Å². The molecule has 19 heavy (non-hydrogen) atoms. The molecule has 0 spiro atoms. The standard InChI is InChI=1S/C13H19N3O3/c1-7(2)15-12(17)9(4)16-11-5-8(3)14-6-10(11)13(18)19/h5-7,9H,1-4H3,(H,14,16)(H,15,17)(H,18,19). The number of rotatable bonds is 5. The summed E-state index contributed by atoms with van der Waals surface area (Å²) in [6, 6.07) is 1.12. The third-order valence-corrected chi connectivity index (χ3v) is 2.47. The van der Waals surface area contributed by atoms with Gasteiger partial charge in [-0.05, 0) is 33.8 Å². The van der Waals surface area contributed by atoms with Gasteiger partial charge in [-0.25, -0.2) is 4.79 Å². The molecular weight excluding hydrogens is 246 g/mol. The van der Waals surface area contributed by atoms with Crippen molar-refractivity contribution in [1.82, 2.24) is 10.3 Å². The number of aromatic carboxylic acids is 1. The number of nitrogens with zero attached hydrogens (tertiary/aromatic N) is 1. The fraction of sp³-hybridized carbons (Fsp3) is 0.462. The van der Waals surface area contributed by atoms with Crippen LogP contribution < -0.4 is 10.6 Å². The number of carbonyl (C=O) groups is 2. The molecule has 3 N–H and O–H groups in total. The summed E-state index contributed by atoms with van der Waals surface area (Å²) in [5.41, 5.74) is 1.13. The largest absolute Gasteiger partial charge is 0.478 e. The van der Waals surface area contributed by atoms with Gasteiger partial charge in [-0.15, -0.1) is 0 Å². The molecule has 0 radical (unpaired) electrons. The number of anilines is 1. The van der Waals surface area contributed by atoms with Gasteiger partial charge in [-0.3, -0.25) is 9.78 Å². The van der Waals surface area contributed by atoms with E-state index in [2.05, 4.69) is 15.6 Å². The molecule has 0 aromatic carbocycles. The highest BCUT2D eigenvalue weighted by Crippen LogP contribution is 2.16. The SMILES string of the molecule is Cc1cc(NC(C)C(=O)NC(C)C)c(C(=O)O)cn1. The maximum absolute atomic E-state index is 11.8. The van der Waals surface area contributed by atoms with E-state index in [-0.39, 0.29) is 17.5 Å². The van der Waals surface area contributed by atoms with Crippen LogP contribution in [0.2, 0.25) is 0 Å². The van der Waals surface area contributed by atoms with E-state index >= 15 is 0 Å². The number of aromatic nitrogens is 1. The quantitative estimate of drug-likeness (QED) is 0.748. The van der Waals surface area contributed by atoms with Crippen LogP contribution >= 0.6 is 0 Å². The maximum Gasteiger partial charge on any atom is 0.339 e. The number of pyridine rings is 1. The van der Waals surface area contributed by atoms with Gasteiger partial charge in [0.05, 0.1) is 5.69 Å². The number of carbonyl (C=O) groups excluding carboxylic acids is 1. The number of carboxylic acids is 1. The molecule has 0 aliphatic rings. The number of amides is 1. The van der Waals surface area contributed by atoms with Crippen molar-refractivity contribution in [1.29, 1.82) is 0 Å². The summed E-state index contributed by atoms with van der Waals surface area (Å²) in [6.07, 6.45) is 1.28. The zero-order chi connectivity index (χ0) is 14.6. The second kappa shape index (κ2) is 6.17. The number of nitrogens with one attached hydrogen (secondary N) is 2. The lowest BCUT2D eigenvalue weighted by molar-refractivity contribution is -0.122. The van der Waals surface area contributed by atoms with E-state index in [9.17, 15) is 9.59 Å². The minimum absolute atomic E-state index is 0.0369. The molecule has 1 unspecified atom stereocenters. The first-order chi connectivity index (χ1) is 8.81. The Labute approximate surface area is 112 Å². The van der Waals surface area contributed by atoms with E-state index in [0.29, 0.717) is 11.4 Å². The summed E-state index contributed by atoms with van der Waals surface area (Å²) in [6.45, 7) is 7.17. The first-order valence-electron chi connectivity index (χ1n) is 6.08. The highest BCUT2D eigenvalue weighted by atomic mass is 16.4. The predicted octanol–water partition coefficient (Wildman–Crippen LogP) is 1.41. The first kappa shape index (κ1) is 14.9. The second-order valence-electron chi connectivity index (χ2n) is 4.71. The molecular formula is C13H19N3O3. The Morgan fingerprint density at radius 3 is 2.47 bits per heavy atom. The molecule has 0 saturated carbocycles. The van der Waals surface area contributed by atoms with Crippen LogP contribution in [0.15, 0.2) is 12.3 Å². The monoisotopic (exact) mass is 265 g/mol. The van der Waals surface area contributed by atoms with Crippen molar-refractivity contribution in [2.24, 2.45) is 0 Å². The summed E-state index contributed by atoms with van der Waals surface area (Å²) in [5, 5.41) is 14.7. The van der Waals surface area contributed by atoms with Crippen LogP contribution in [-0.2, 0) is 4.79 Å². The fourth-order valence-electron chi connectivity index (χ4n) is 1.56. The molecule has 6 heteroatoms. The molecule has 1 aromatic rings. The van der Waals surface area contributed by atoms with Crippen LogP contribution in [0, 0.1) is 6.92 Å². The lowest BCUT2D eigenvalue weighted by atomic mass is 10.2. The van der Waals surface area contributed by atoms with Crippen LogP contribution in [0.1, 0.15) is 36.8 Å². The Hall–Kier alpha value is -2.11. The third-order valence-electron chi connectivity index (χ3n) is 2.47. The van der Waals surface area contributed by atoms with Crippen molar-refractivity contribution in [3.05, 3.63) is 23.5 Å². The normalized spacial score (nSPS) is 12.1. The molecule has 1 rings (SSSR count). The minimum Gasteiger partial charge on any atom is -0.478 e. The summed E-state index contributed by atoms with van der Waals surface area (Å²) in [5.74, 6) is -1.26. The Kier molecular flexibility index (Phi) is 4.86. The smallest absolute Gasteiger partial charge is 0.339 e. The number of carboxylic acid groups (broad SMARTS) is 1. The van der Waals surface area contributed by atoms with Gasteiger partial charge in [0.2, 0.25) is 5.91 Å². The lowest BCUT2D eigenvalue weighted by Crippen LogP contribution is -2.41. The van der Waals surface area contributed by atoms with Gasteiger partial charge in [-0.2, -0.15) is 0 Å². The lowest BCUT2D eigenvalue weighted by Gasteiger charge is -2.18. The van der Waals surface area contributed by atoms with Crippen molar-refractivity contribution in [3.8, 4) is 0 Å². The number of hydrogen-bond acceptors (Lipinski definition) is 4. The zero-order valence-corrected chi connectivity index (χ0v) is 11.5. The van der Waals surface area contributed by atoms with E-state index in [1.807, 2.05) is 13.8 Å². The molecule has 0 aliphatic carbocycles. The van der Waals surface area contributed by atoms with Crippen LogP contribution in [0.25, 0.3) is 0 Å². The maximum atomic E-state index is 11.8. The average molecular weight is 265 g/mol. The van der Waals surface area contributed by atoms with Crippen molar-refractivity contribution in [2.45, 2.75) is 39.8 Å². The highest BCUT2D eigenvalue weighted by Gasteiger charge is 2.17. The van der Waals surface area contributed by atoms with E-state index < -0.39 is 12.0 Å². The molecule has 1 amide bonds. The average Bonchev–Trinajstić information content (AvgIpc) is 2.27. The summed E-state index contributed by atoms with van der Waals surface area (Å²) >= 11 is 0. The van der Waals surface area contributed by atoms with E-state index in [4.69, 9.17) is 5.11 Å². The van der Waals surface area contributed by atoms with Crippen molar-refractivity contribution in [2.75, 3.05) is 5.32 Å². The van der Waals surface area contributed by atoms with Crippen LogP contribution in [0.5, 0.6) is 0 Å². The number of aryl methyl sites for hydroxylation is 1. The summed E-state index contributed by atoms with van der Waals surface area (Å²) in [7, 11) is 0. The molecule has 0 fully saturated rings. The molecule has 0 aliphatic heterocycles. The predicted molar refractivity (Wildman–Crippen MR) is 72.3 cm³/mol. The van der Waals surface area contributed by atoms with Gasteiger partial charge in [0.25, 0.3) is 0 Å². The Morgan fingerprint density at radius 1 is 1.32 bits per heavy atom. The Balaban J connectivity index is 2.89. The molecule has 0 saturated heterocycles. The van der Waals surface area contributed by atoms with Crippen molar-refractivity contribution in [3.63, 3.8) is 0 Å². The molecule has 0 bridgehead atoms. The van der Waals surface area contributed by atoms with Crippen LogP contribution in [0.4, 0.5) is 5.69 Å². The van der Waals surface area contributed by atoms with Gasteiger partial charge in [0.15, 0.2) is 0 Å². The van der Waals surface area contributed by atoms with Crippen LogP contribution in [0.3, 0.4) is 0 Å². The molecule has 1 aromatic heterocycles. The fourth-order valence-corrected chi connectivity index (χ4v) is 1.56. The first-order valence-corrected chi connectivity index (χ1v) is 6.08. The topological polar surface area (TPSA) is 91.3 Å². The molecule has 1 atom stereocenters. The molecule has 6 nitrogen and oxygen atoms in total. The summed E-state index contributed by atoms with van der Waals surface area (Å²) in [4.78, 5) is 26.8. The Morgan fingerprint density at radius 2 is 1.95 bits per heavy atom. The van der Waals surface area contributed by atoms with E-state index in [1.54, 1.807) is 19.9 Å². The van der Waals surface area contributed by atoms with Gasteiger partial charge in [0.1, 0.15) is 11.6 Å². The van der Waals surface area contributed by atoms with Crippen LogP contribution in [-0.4, -0.2) is 34.1 Å². The van der Waals surface area contributed by atoms with Crippen molar-refractivity contribution >= 4 is 17.6 Å². The van der Waals surface area contributed by atoms with E-state index in [0.717, 1.165) is 0 Å². The van der Waals surface area contributed by atoms with Gasteiger partial charge in [-0.1, -0.05) is 0 Å². The summed E-state index contributed by atoms with van der Waals surface area (Å²) < 4.78 is 0. The molecule has 104 valence electrons. The van der Waals surface area contributed by atoms with Gasteiger partial charge < -0.3 is 15.7 Å².